The van der Waals surface area contributed by atoms with Crippen molar-refractivity contribution in [2.45, 2.75) is 18.2 Å². The van der Waals surface area contributed by atoms with Crippen LogP contribution in [0, 0.1) is 0 Å². The van der Waals surface area contributed by atoms with Crippen LogP contribution in [0.4, 0.5) is 0 Å². The summed E-state index contributed by atoms with van der Waals surface area (Å²) in [5.74, 6) is -0.336. The molecule has 0 heterocycles. The molecule has 0 amide bonds. The zero-order chi connectivity index (χ0) is 6.78. The van der Waals surface area contributed by atoms with Gasteiger partial charge >= 0.3 is 5.97 Å². The molecule has 0 saturated carbocycles. The smallest absolute Gasteiger partial charge is 0.333 e. The molecule has 0 unspecified atom stereocenters. The van der Waals surface area contributed by atoms with Crippen LogP contribution in [0.25, 0.3) is 0 Å². The van der Waals surface area contributed by atoms with Gasteiger partial charge in [0.2, 0.25) is 0 Å². The van der Waals surface area contributed by atoms with E-state index in [4.69, 9.17) is 0 Å². The van der Waals surface area contributed by atoms with Gasteiger partial charge in [-0.25, -0.2) is 4.79 Å². The Morgan fingerprint density at radius 1 is 1.62 bits per heavy atom. The fourth-order valence-electron chi connectivity index (χ4n) is 0.0917. The van der Waals surface area contributed by atoms with E-state index in [0.717, 1.165) is 0 Å². The van der Waals surface area contributed by atoms with Gasteiger partial charge in [-0.05, 0) is 13.8 Å². The van der Waals surface area contributed by atoms with Gasteiger partial charge in [-0.3, -0.25) is 0 Å². The zero-order valence-electron chi connectivity index (χ0n) is 4.57. The Morgan fingerprint density at radius 2 is 2.00 bits per heavy atom. The van der Waals surface area contributed by atoms with Crippen LogP contribution >= 0.6 is 32.2 Å². The molecule has 0 spiro atoms. The van der Waals surface area contributed by atoms with Crippen molar-refractivity contribution in [1.29, 1.82) is 0 Å². The van der Waals surface area contributed by atoms with E-state index in [9.17, 15) is 4.79 Å². The standard InChI is InChI=1S/C4H6Br2O2/c1-4(2,5)3(7)8-6/h1-2H3. The predicted octanol–water partition coefficient (Wildman–Crippen LogP) is 2.01. The van der Waals surface area contributed by atoms with Gasteiger partial charge in [-0.15, -0.1) is 0 Å². The highest BCUT2D eigenvalue weighted by Gasteiger charge is 2.24. The number of carbonyl (C=O) groups excluding carboxylic acids is 1. The predicted molar refractivity (Wildman–Crippen MR) is 38.0 cm³/mol. The molecule has 0 rings (SSSR count). The Bertz CT molecular complexity index is 94.7. The summed E-state index contributed by atoms with van der Waals surface area (Å²) in [5, 5.41) is 0. The van der Waals surface area contributed by atoms with Gasteiger partial charge in [-0.2, -0.15) is 0 Å². The minimum atomic E-state index is -0.587. The summed E-state index contributed by atoms with van der Waals surface area (Å²) in [4.78, 5) is 10.5. The molecule has 0 N–H and O–H groups in total. The van der Waals surface area contributed by atoms with Gasteiger partial charge < -0.3 is 3.83 Å². The number of alkyl halides is 1. The quantitative estimate of drug-likeness (QED) is 0.661. The molecule has 2 nitrogen and oxygen atoms in total. The van der Waals surface area contributed by atoms with Gasteiger partial charge in [0.15, 0.2) is 16.3 Å². The van der Waals surface area contributed by atoms with Crippen molar-refractivity contribution in [3.8, 4) is 0 Å². The molecule has 0 saturated heterocycles. The number of hydrogen-bond donors (Lipinski definition) is 0. The summed E-state index contributed by atoms with van der Waals surface area (Å²) >= 11 is 5.67. The van der Waals surface area contributed by atoms with Crippen LogP contribution in [-0.4, -0.2) is 10.3 Å². The molecule has 4 heteroatoms. The largest absolute Gasteiger partial charge is 0.383 e. The van der Waals surface area contributed by atoms with Crippen LogP contribution in [0.2, 0.25) is 0 Å². The van der Waals surface area contributed by atoms with Crippen LogP contribution < -0.4 is 0 Å². The lowest BCUT2D eigenvalue weighted by molar-refractivity contribution is -0.133. The van der Waals surface area contributed by atoms with E-state index in [1.807, 2.05) is 0 Å². The second kappa shape index (κ2) is 2.82. The summed E-state index contributed by atoms with van der Waals surface area (Å²) in [6.45, 7) is 3.41. The third-order valence-electron chi connectivity index (χ3n) is 0.555. The van der Waals surface area contributed by atoms with Gasteiger partial charge in [0.1, 0.15) is 4.32 Å². The highest BCUT2D eigenvalue weighted by Crippen LogP contribution is 2.18. The lowest BCUT2D eigenvalue weighted by Crippen LogP contribution is -2.23. The fraction of sp³-hybridized carbons (Fsp3) is 0.750. The summed E-state index contributed by atoms with van der Waals surface area (Å²) in [6.07, 6.45) is 0. The first-order valence-corrected chi connectivity index (χ1v) is 3.44. The molecule has 8 heavy (non-hydrogen) atoms. The average Bonchev–Trinajstić information content (AvgIpc) is 1.62. The third kappa shape index (κ3) is 2.67. The molecule has 0 aromatic heterocycles. The maximum atomic E-state index is 10.5. The normalized spacial score (nSPS) is 11.0. The number of carbonyl (C=O) groups is 1. The van der Waals surface area contributed by atoms with E-state index >= 15 is 0 Å². The molecular formula is C4H6Br2O2. The van der Waals surface area contributed by atoms with E-state index < -0.39 is 4.32 Å². The highest BCUT2D eigenvalue weighted by molar-refractivity contribution is 9.10. The summed E-state index contributed by atoms with van der Waals surface area (Å²) < 4.78 is 3.65. The molecule has 0 aliphatic rings. The van der Waals surface area contributed by atoms with E-state index in [1.54, 1.807) is 13.8 Å². The van der Waals surface area contributed by atoms with Gasteiger partial charge in [0, 0.05) is 0 Å². The Labute approximate surface area is 65.2 Å². The van der Waals surface area contributed by atoms with Crippen molar-refractivity contribution in [3.63, 3.8) is 0 Å². The zero-order valence-corrected chi connectivity index (χ0v) is 7.74. The second-order valence-corrected chi connectivity index (χ2v) is 4.14. The minimum absolute atomic E-state index is 0.336. The first-order chi connectivity index (χ1) is 3.48. The first kappa shape index (κ1) is 8.43. The van der Waals surface area contributed by atoms with Crippen LogP contribution in [-0.2, 0) is 8.62 Å². The number of rotatable bonds is 1. The fourth-order valence-corrected chi connectivity index (χ4v) is 0.795. The van der Waals surface area contributed by atoms with E-state index in [0.29, 0.717) is 0 Å². The molecule has 0 aliphatic heterocycles. The molecular weight excluding hydrogens is 240 g/mol. The van der Waals surface area contributed by atoms with Gasteiger partial charge in [0.05, 0.1) is 0 Å². The van der Waals surface area contributed by atoms with Gasteiger partial charge in [-0.1, -0.05) is 15.9 Å². The lowest BCUT2D eigenvalue weighted by atomic mass is 10.2. The third-order valence-corrected chi connectivity index (χ3v) is 1.17. The lowest BCUT2D eigenvalue weighted by Gasteiger charge is -2.09. The summed E-state index contributed by atoms with van der Waals surface area (Å²) in [5.41, 5.74) is 0. The van der Waals surface area contributed by atoms with Crippen molar-refractivity contribution in [1.82, 2.24) is 0 Å². The Hall–Kier alpha value is 0.430. The van der Waals surface area contributed by atoms with Crippen molar-refractivity contribution in [2.24, 2.45) is 0 Å². The topological polar surface area (TPSA) is 26.3 Å². The van der Waals surface area contributed by atoms with Crippen LogP contribution in [0.1, 0.15) is 13.8 Å². The van der Waals surface area contributed by atoms with Gasteiger partial charge in [0.25, 0.3) is 0 Å². The average molecular weight is 246 g/mol. The maximum Gasteiger partial charge on any atom is 0.333 e. The molecule has 0 aromatic rings. The summed E-state index contributed by atoms with van der Waals surface area (Å²) in [6, 6.07) is 0. The molecule has 0 atom stereocenters. The van der Waals surface area contributed by atoms with Crippen LogP contribution in [0.5, 0.6) is 0 Å². The Kier molecular flexibility index (Phi) is 2.98. The van der Waals surface area contributed by atoms with E-state index in [1.165, 1.54) is 0 Å². The van der Waals surface area contributed by atoms with Crippen molar-refractivity contribution in [3.05, 3.63) is 0 Å². The van der Waals surface area contributed by atoms with Crippen molar-refractivity contribution in [2.75, 3.05) is 0 Å². The molecule has 0 fully saturated rings. The van der Waals surface area contributed by atoms with Crippen molar-refractivity contribution >= 4 is 38.2 Å². The van der Waals surface area contributed by atoms with Crippen molar-refractivity contribution < 1.29 is 8.62 Å². The molecule has 0 aromatic carbocycles. The van der Waals surface area contributed by atoms with E-state index in [-0.39, 0.29) is 5.97 Å². The molecule has 0 aliphatic carbocycles. The Morgan fingerprint density at radius 3 is 2.00 bits per heavy atom. The first-order valence-electron chi connectivity index (χ1n) is 2.00. The van der Waals surface area contributed by atoms with Crippen LogP contribution in [0.3, 0.4) is 0 Å². The second-order valence-electron chi connectivity index (χ2n) is 1.84. The SMILES string of the molecule is CC(C)(Br)C(=O)OBr. The molecule has 0 bridgehead atoms. The molecule has 48 valence electrons. The van der Waals surface area contributed by atoms with E-state index in [2.05, 4.69) is 36.0 Å². The highest BCUT2D eigenvalue weighted by atomic mass is 79.9. The maximum absolute atomic E-state index is 10.5. The monoisotopic (exact) mass is 244 g/mol. The number of hydrogen-bond acceptors (Lipinski definition) is 2. The number of halogens is 2. The summed E-state index contributed by atoms with van der Waals surface area (Å²) in [7, 11) is 0. The minimum Gasteiger partial charge on any atom is -0.383 e. The van der Waals surface area contributed by atoms with Crippen LogP contribution in [0.15, 0.2) is 0 Å². The Balaban J connectivity index is 3.82. The molecule has 0 radical (unpaired) electrons.